The van der Waals surface area contributed by atoms with Crippen LogP contribution in [0.1, 0.15) is 102 Å². The van der Waals surface area contributed by atoms with Gasteiger partial charge in [-0.15, -0.1) is 0 Å². The molecule has 1 fully saturated rings. The molecule has 1 aliphatic carbocycles. The van der Waals surface area contributed by atoms with Crippen molar-refractivity contribution in [1.82, 2.24) is 4.72 Å². The lowest BCUT2D eigenvalue weighted by Crippen LogP contribution is -2.42. The largest absolute Gasteiger partial charge is 0.328 e. The molecule has 0 amide bonds. The maximum atomic E-state index is 13.4. The fourth-order valence-corrected chi connectivity index (χ4v) is 5.79. The van der Waals surface area contributed by atoms with Crippen molar-refractivity contribution in [2.75, 3.05) is 0 Å². The molecule has 0 radical (unpaired) electrons. The molecule has 1 saturated carbocycles. The highest BCUT2D eigenvalue weighted by Gasteiger charge is 2.30. The molecule has 0 unspecified atom stereocenters. The third kappa shape index (κ3) is 4.87. The molecule has 0 aromatic heterocycles. The lowest BCUT2D eigenvalue weighted by Gasteiger charge is -2.29. The molecule has 3 N–H and O–H groups in total. The van der Waals surface area contributed by atoms with Crippen LogP contribution in [0.5, 0.6) is 0 Å². The van der Waals surface area contributed by atoms with Gasteiger partial charge < -0.3 is 5.73 Å². The van der Waals surface area contributed by atoms with Gasteiger partial charge in [-0.3, -0.25) is 0 Å². The van der Waals surface area contributed by atoms with E-state index in [-0.39, 0.29) is 23.9 Å². The Kier molecular flexibility index (Phi) is 6.92. The fraction of sp³-hybridized carbons (Fsp3) is 0.714. The normalized spacial score (nSPS) is 21.8. The van der Waals surface area contributed by atoms with E-state index in [1.54, 1.807) is 0 Å². The van der Waals surface area contributed by atoms with E-state index in [4.69, 9.17) is 5.73 Å². The van der Waals surface area contributed by atoms with Crippen molar-refractivity contribution in [3.05, 3.63) is 28.8 Å². The predicted octanol–water partition coefficient (Wildman–Crippen LogP) is 4.61. The Hall–Kier alpha value is -0.910. The Labute approximate surface area is 160 Å². The molecule has 0 spiro atoms. The van der Waals surface area contributed by atoms with Crippen molar-refractivity contribution in [2.45, 2.75) is 102 Å². The first-order valence-corrected chi connectivity index (χ1v) is 11.5. The Morgan fingerprint density at radius 2 is 1.50 bits per heavy atom. The highest BCUT2D eigenvalue weighted by molar-refractivity contribution is 7.89. The quantitative estimate of drug-likeness (QED) is 0.757. The molecule has 0 aliphatic heterocycles. The lowest BCUT2D eigenvalue weighted by atomic mass is 9.89. The zero-order chi connectivity index (χ0) is 19.6. The second-order valence-electron chi connectivity index (χ2n) is 8.74. The maximum absolute atomic E-state index is 13.4. The number of benzene rings is 1. The molecule has 0 bridgehead atoms. The Bertz CT molecular complexity index is 695. The number of nitrogens with one attached hydrogen (secondary N) is 1. The molecule has 1 aromatic rings. The second-order valence-corrected chi connectivity index (χ2v) is 10.4. The Morgan fingerprint density at radius 1 is 0.962 bits per heavy atom. The van der Waals surface area contributed by atoms with Crippen molar-refractivity contribution >= 4 is 10.0 Å². The van der Waals surface area contributed by atoms with Crippen molar-refractivity contribution in [3.8, 4) is 0 Å². The minimum Gasteiger partial charge on any atom is -0.328 e. The molecule has 1 aliphatic rings. The minimum absolute atomic E-state index is 0.0615. The van der Waals surface area contributed by atoms with E-state index in [9.17, 15) is 8.42 Å². The topological polar surface area (TPSA) is 72.2 Å². The standard InChI is InChI=1S/C21H36N2O2S/c1-13(2)16-10-19(14(3)4)21(20(11-16)15(5)6)26(24,25)23-18-9-7-8-17(22)12-18/h10-11,13-15,17-18,23H,7-9,12,22H2,1-6H3/t17-,18+/m1/s1. The van der Waals surface area contributed by atoms with Gasteiger partial charge in [0.05, 0.1) is 4.90 Å². The van der Waals surface area contributed by atoms with Crippen molar-refractivity contribution in [1.29, 1.82) is 0 Å². The van der Waals surface area contributed by atoms with Crippen molar-refractivity contribution in [2.24, 2.45) is 5.73 Å². The van der Waals surface area contributed by atoms with Crippen LogP contribution in [-0.2, 0) is 10.0 Å². The van der Waals surface area contributed by atoms with Crippen LogP contribution >= 0.6 is 0 Å². The molecule has 2 atom stereocenters. The maximum Gasteiger partial charge on any atom is 0.241 e. The minimum atomic E-state index is -3.58. The Morgan fingerprint density at radius 3 is 1.92 bits per heavy atom. The van der Waals surface area contributed by atoms with E-state index < -0.39 is 10.0 Å². The summed E-state index contributed by atoms with van der Waals surface area (Å²) in [4.78, 5) is 0.492. The average molecular weight is 381 g/mol. The van der Waals surface area contributed by atoms with Crippen LogP contribution in [0.15, 0.2) is 17.0 Å². The van der Waals surface area contributed by atoms with Crippen LogP contribution in [0, 0.1) is 0 Å². The highest BCUT2D eigenvalue weighted by Crippen LogP contribution is 2.35. The molecule has 5 heteroatoms. The summed E-state index contributed by atoms with van der Waals surface area (Å²) in [7, 11) is -3.58. The van der Waals surface area contributed by atoms with Gasteiger partial charge in [-0.1, -0.05) is 60.1 Å². The van der Waals surface area contributed by atoms with Crippen LogP contribution in [0.2, 0.25) is 0 Å². The molecular formula is C21H36N2O2S. The second kappa shape index (κ2) is 8.41. The van der Waals surface area contributed by atoms with Gasteiger partial charge in [0.1, 0.15) is 0 Å². The first-order valence-electron chi connectivity index (χ1n) is 9.98. The van der Waals surface area contributed by atoms with Gasteiger partial charge in [0.15, 0.2) is 0 Å². The van der Waals surface area contributed by atoms with Gasteiger partial charge in [0, 0.05) is 12.1 Å². The smallest absolute Gasteiger partial charge is 0.241 e. The molecule has 0 heterocycles. The molecule has 0 saturated heterocycles. The van der Waals surface area contributed by atoms with E-state index in [2.05, 4.69) is 58.4 Å². The summed E-state index contributed by atoms with van der Waals surface area (Å²) in [6.07, 6.45) is 3.55. The van der Waals surface area contributed by atoms with Gasteiger partial charge in [-0.05, 0) is 53.7 Å². The van der Waals surface area contributed by atoms with Gasteiger partial charge in [-0.25, -0.2) is 13.1 Å². The van der Waals surface area contributed by atoms with Gasteiger partial charge >= 0.3 is 0 Å². The van der Waals surface area contributed by atoms with Crippen LogP contribution in [-0.4, -0.2) is 20.5 Å². The van der Waals surface area contributed by atoms with Crippen LogP contribution in [0.3, 0.4) is 0 Å². The van der Waals surface area contributed by atoms with E-state index in [1.165, 1.54) is 5.56 Å². The monoisotopic (exact) mass is 380 g/mol. The van der Waals surface area contributed by atoms with E-state index in [1.807, 2.05) is 0 Å². The third-order valence-electron chi connectivity index (χ3n) is 5.38. The summed E-state index contributed by atoms with van der Waals surface area (Å²) in [5.74, 6) is 0.656. The summed E-state index contributed by atoms with van der Waals surface area (Å²) in [5, 5.41) is 0. The lowest BCUT2D eigenvalue weighted by molar-refractivity contribution is 0.371. The van der Waals surface area contributed by atoms with Crippen LogP contribution < -0.4 is 10.5 Å². The SMILES string of the molecule is CC(C)c1cc(C(C)C)c(S(=O)(=O)N[C@H]2CCC[C@@H](N)C2)c(C(C)C)c1. The number of rotatable bonds is 6. The first-order chi connectivity index (χ1) is 12.0. The van der Waals surface area contributed by atoms with Crippen LogP contribution in [0.25, 0.3) is 0 Å². The highest BCUT2D eigenvalue weighted by atomic mass is 32.2. The first kappa shape index (κ1) is 21.4. The molecule has 148 valence electrons. The third-order valence-corrected chi connectivity index (χ3v) is 7.04. The number of nitrogens with two attached hydrogens (primary N) is 1. The summed E-state index contributed by atoms with van der Waals surface area (Å²) in [6, 6.07) is 4.20. The fourth-order valence-electron chi connectivity index (χ4n) is 3.81. The van der Waals surface area contributed by atoms with Gasteiger partial charge in [0.25, 0.3) is 0 Å². The van der Waals surface area contributed by atoms with Gasteiger partial charge in [-0.2, -0.15) is 0 Å². The Balaban J connectivity index is 2.54. The summed E-state index contributed by atoms with van der Waals surface area (Å²) in [6.45, 7) is 12.6. The van der Waals surface area contributed by atoms with E-state index in [0.29, 0.717) is 10.8 Å². The molecule has 4 nitrogen and oxygen atoms in total. The summed E-state index contributed by atoms with van der Waals surface area (Å²) in [5.41, 5.74) is 9.11. The zero-order valence-electron chi connectivity index (χ0n) is 17.2. The van der Waals surface area contributed by atoms with Crippen LogP contribution in [0.4, 0.5) is 0 Å². The molecule has 2 rings (SSSR count). The number of hydrogen-bond acceptors (Lipinski definition) is 3. The zero-order valence-corrected chi connectivity index (χ0v) is 18.0. The van der Waals surface area contributed by atoms with E-state index >= 15 is 0 Å². The van der Waals surface area contributed by atoms with Gasteiger partial charge in [0.2, 0.25) is 10.0 Å². The summed E-state index contributed by atoms with van der Waals surface area (Å²) >= 11 is 0. The molecular weight excluding hydrogens is 344 g/mol. The number of hydrogen-bond donors (Lipinski definition) is 2. The van der Waals surface area contributed by atoms with E-state index in [0.717, 1.165) is 36.8 Å². The average Bonchev–Trinajstić information content (AvgIpc) is 2.52. The number of sulfonamides is 1. The summed E-state index contributed by atoms with van der Waals surface area (Å²) < 4.78 is 29.7. The predicted molar refractivity (Wildman–Crippen MR) is 109 cm³/mol. The molecule has 1 aromatic carbocycles. The van der Waals surface area contributed by atoms with Crippen molar-refractivity contribution < 1.29 is 8.42 Å². The molecule has 26 heavy (non-hydrogen) atoms. The van der Waals surface area contributed by atoms with Crippen molar-refractivity contribution in [3.63, 3.8) is 0 Å².